The lowest BCUT2D eigenvalue weighted by molar-refractivity contribution is 0.0531. The van der Waals surface area contributed by atoms with Crippen molar-refractivity contribution < 1.29 is 18.7 Å². The van der Waals surface area contributed by atoms with Crippen LogP contribution in [0.25, 0.3) is 0 Å². The van der Waals surface area contributed by atoms with Gasteiger partial charge in [0.15, 0.2) is 0 Å². The van der Waals surface area contributed by atoms with Crippen molar-refractivity contribution in [2.45, 2.75) is 19.6 Å². The van der Waals surface area contributed by atoms with E-state index in [2.05, 4.69) is 10.4 Å². The minimum absolute atomic E-state index is 0. The Bertz CT molecular complexity index is 605. The van der Waals surface area contributed by atoms with E-state index in [0.29, 0.717) is 15.9 Å². The molecule has 0 fully saturated rings. The summed E-state index contributed by atoms with van der Waals surface area (Å²) >= 11 is 0. The predicted octanol–water partition coefficient (Wildman–Crippen LogP) is 2.69. The van der Waals surface area contributed by atoms with Gasteiger partial charge in [0.2, 0.25) is 0 Å². The van der Waals surface area contributed by atoms with Crippen LogP contribution >= 0.6 is 12.4 Å². The van der Waals surface area contributed by atoms with Crippen molar-refractivity contribution in [3.8, 4) is 0 Å². The smallest absolute Gasteiger partial charge is 0.336 e. The average Bonchev–Trinajstić information content (AvgIpc) is 2.87. The zero-order chi connectivity index (χ0) is 14.5. The zero-order valence-electron chi connectivity index (χ0n) is 10.9. The van der Waals surface area contributed by atoms with Crippen LogP contribution < -0.4 is 5.32 Å². The van der Waals surface area contributed by atoms with Gasteiger partial charge in [-0.05, 0) is 17.7 Å². The van der Waals surface area contributed by atoms with Crippen molar-refractivity contribution in [1.82, 2.24) is 15.1 Å². The molecule has 5 nitrogen and oxygen atoms in total. The molecule has 2 aromatic rings. The summed E-state index contributed by atoms with van der Waals surface area (Å²) in [6, 6.07) is 8.04. The molecule has 0 aliphatic carbocycles. The molecule has 1 aromatic heterocycles. The molecule has 0 radical (unpaired) electrons. The molecule has 8 heteroatoms. The number of carboxylic acid groups (broad SMARTS) is 1. The van der Waals surface area contributed by atoms with Gasteiger partial charge < -0.3 is 10.4 Å². The molecule has 0 bridgehead atoms. The molecule has 0 amide bonds. The minimum Gasteiger partial charge on any atom is -0.478 e. The van der Waals surface area contributed by atoms with Gasteiger partial charge in [-0.15, -0.1) is 12.4 Å². The minimum atomic E-state index is -2.69. The number of nitrogens with zero attached hydrogens (tertiary/aromatic N) is 2. The van der Waals surface area contributed by atoms with Gasteiger partial charge in [-0.1, -0.05) is 18.2 Å². The van der Waals surface area contributed by atoms with Gasteiger partial charge in [-0.25, -0.2) is 9.48 Å². The Morgan fingerprint density at radius 2 is 2.00 bits per heavy atom. The Balaban J connectivity index is 0.00000220. The molecule has 2 N–H and O–H groups in total. The van der Waals surface area contributed by atoms with E-state index in [9.17, 15) is 13.6 Å². The molecule has 0 spiro atoms. The molecule has 0 aliphatic rings. The van der Waals surface area contributed by atoms with Gasteiger partial charge in [0.05, 0.1) is 11.3 Å². The third-order valence-corrected chi connectivity index (χ3v) is 2.81. The summed E-state index contributed by atoms with van der Waals surface area (Å²) in [5.74, 6) is -1.01. The quantitative estimate of drug-likeness (QED) is 0.859. The van der Waals surface area contributed by atoms with Crippen LogP contribution in [0.3, 0.4) is 0 Å². The molecular weight excluding hydrogens is 304 g/mol. The molecular formula is C13H14ClF2N3O2. The Hall–Kier alpha value is -1.99. The lowest BCUT2D eigenvalue weighted by atomic mass is 10.1. The second-order valence-corrected chi connectivity index (χ2v) is 4.11. The predicted molar refractivity (Wildman–Crippen MR) is 74.7 cm³/mol. The van der Waals surface area contributed by atoms with Crippen molar-refractivity contribution in [2.24, 2.45) is 0 Å². The molecule has 0 saturated heterocycles. The van der Waals surface area contributed by atoms with Crippen LogP contribution in [0.15, 0.2) is 36.5 Å². The molecule has 2 rings (SSSR count). The maximum atomic E-state index is 12.6. The summed E-state index contributed by atoms with van der Waals surface area (Å²) in [5.41, 5.74) is 1.14. The van der Waals surface area contributed by atoms with E-state index in [1.807, 2.05) is 0 Å². The molecule has 0 aliphatic heterocycles. The first-order valence-corrected chi connectivity index (χ1v) is 5.92. The van der Waals surface area contributed by atoms with E-state index in [4.69, 9.17) is 5.11 Å². The van der Waals surface area contributed by atoms with Crippen LogP contribution in [0, 0.1) is 0 Å². The van der Waals surface area contributed by atoms with Crippen LogP contribution in [0.4, 0.5) is 8.78 Å². The molecule has 1 heterocycles. The van der Waals surface area contributed by atoms with Crippen molar-refractivity contribution in [1.29, 1.82) is 0 Å². The Morgan fingerprint density at radius 3 is 2.67 bits per heavy atom. The fourth-order valence-electron chi connectivity index (χ4n) is 1.87. The summed E-state index contributed by atoms with van der Waals surface area (Å²) in [6.45, 7) is -2.23. The molecule has 0 saturated carbocycles. The van der Waals surface area contributed by atoms with Crippen molar-refractivity contribution in [3.05, 3.63) is 53.3 Å². The van der Waals surface area contributed by atoms with E-state index in [1.165, 1.54) is 18.3 Å². The third kappa shape index (κ3) is 4.24. The highest BCUT2D eigenvalue weighted by atomic mass is 35.5. The zero-order valence-corrected chi connectivity index (χ0v) is 11.7. The highest BCUT2D eigenvalue weighted by molar-refractivity contribution is 5.89. The van der Waals surface area contributed by atoms with E-state index < -0.39 is 12.5 Å². The maximum Gasteiger partial charge on any atom is 0.336 e. The summed E-state index contributed by atoms with van der Waals surface area (Å²) in [4.78, 5) is 11.0. The van der Waals surface area contributed by atoms with Crippen molar-refractivity contribution in [2.75, 3.05) is 0 Å². The summed E-state index contributed by atoms with van der Waals surface area (Å²) < 4.78 is 25.8. The second kappa shape index (κ2) is 7.70. The Morgan fingerprint density at radius 1 is 1.29 bits per heavy atom. The number of rotatable bonds is 6. The number of carboxylic acids is 1. The average molecular weight is 318 g/mol. The number of alkyl halides is 2. The lowest BCUT2D eigenvalue weighted by Gasteiger charge is -2.09. The lowest BCUT2D eigenvalue weighted by Crippen LogP contribution is -2.18. The van der Waals surface area contributed by atoms with E-state index in [0.717, 1.165) is 0 Å². The highest BCUT2D eigenvalue weighted by Gasteiger charge is 2.12. The first-order chi connectivity index (χ1) is 9.59. The molecule has 0 unspecified atom stereocenters. The van der Waals surface area contributed by atoms with Crippen LogP contribution in [0.5, 0.6) is 0 Å². The number of benzene rings is 1. The number of halogens is 3. The Labute approximate surface area is 126 Å². The first-order valence-electron chi connectivity index (χ1n) is 5.92. The number of hydrogen-bond donors (Lipinski definition) is 2. The number of aromatic carboxylic acids is 1. The van der Waals surface area contributed by atoms with Crippen molar-refractivity contribution >= 4 is 18.4 Å². The molecule has 0 atom stereocenters. The first kappa shape index (κ1) is 17.1. The van der Waals surface area contributed by atoms with Crippen molar-refractivity contribution in [3.63, 3.8) is 0 Å². The fraction of sp³-hybridized carbons (Fsp3) is 0.231. The summed E-state index contributed by atoms with van der Waals surface area (Å²) in [5, 5.41) is 15.5. The SMILES string of the molecule is Cl.O=C(O)c1ccccc1CNCc1ccnn1C(F)F. The van der Waals surface area contributed by atoms with Crippen LogP contribution in [0.2, 0.25) is 0 Å². The maximum absolute atomic E-state index is 12.6. The topological polar surface area (TPSA) is 67.2 Å². The fourth-order valence-corrected chi connectivity index (χ4v) is 1.87. The second-order valence-electron chi connectivity index (χ2n) is 4.11. The highest BCUT2D eigenvalue weighted by Crippen LogP contribution is 2.12. The van der Waals surface area contributed by atoms with Gasteiger partial charge >= 0.3 is 12.5 Å². The van der Waals surface area contributed by atoms with E-state index >= 15 is 0 Å². The summed E-state index contributed by atoms with van der Waals surface area (Å²) in [6.07, 6.45) is 1.30. The van der Waals surface area contributed by atoms with Gasteiger partial charge in [0, 0.05) is 19.3 Å². The van der Waals surface area contributed by atoms with Crippen LogP contribution in [-0.4, -0.2) is 20.9 Å². The normalized spacial score (nSPS) is 10.4. The Kier molecular flexibility index (Phi) is 6.26. The number of hydrogen-bond acceptors (Lipinski definition) is 3. The largest absolute Gasteiger partial charge is 0.478 e. The third-order valence-electron chi connectivity index (χ3n) is 2.81. The van der Waals surface area contributed by atoms with Crippen LogP contribution in [0.1, 0.15) is 28.2 Å². The number of aromatic nitrogens is 2. The van der Waals surface area contributed by atoms with E-state index in [1.54, 1.807) is 18.2 Å². The molecule has 114 valence electrons. The monoisotopic (exact) mass is 317 g/mol. The van der Waals surface area contributed by atoms with Gasteiger partial charge in [-0.3, -0.25) is 0 Å². The summed E-state index contributed by atoms with van der Waals surface area (Å²) in [7, 11) is 0. The standard InChI is InChI=1S/C13H13F2N3O2.ClH/c14-13(15)18-10(5-6-17-18)8-16-7-9-3-1-2-4-11(9)12(19)20;/h1-6,13,16H,7-8H2,(H,19,20);1H. The van der Waals surface area contributed by atoms with Gasteiger partial charge in [0.25, 0.3) is 0 Å². The number of nitrogens with one attached hydrogen (secondary N) is 1. The number of carbonyl (C=O) groups is 1. The molecule has 1 aromatic carbocycles. The van der Waals surface area contributed by atoms with Gasteiger partial charge in [-0.2, -0.15) is 13.9 Å². The van der Waals surface area contributed by atoms with E-state index in [-0.39, 0.29) is 31.1 Å². The van der Waals surface area contributed by atoms with Crippen LogP contribution in [-0.2, 0) is 13.1 Å². The van der Waals surface area contributed by atoms with Gasteiger partial charge in [0.1, 0.15) is 0 Å². The molecule has 21 heavy (non-hydrogen) atoms.